The van der Waals surface area contributed by atoms with Crippen LogP contribution in [0.4, 0.5) is 11.4 Å². The van der Waals surface area contributed by atoms with Crippen molar-refractivity contribution in [1.82, 2.24) is 5.32 Å². The Balaban J connectivity index is 2.05. The summed E-state index contributed by atoms with van der Waals surface area (Å²) < 4.78 is 30.6. The minimum absolute atomic E-state index is 0.0482. The van der Waals surface area contributed by atoms with E-state index in [1.165, 1.54) is 18.2 Å². The summed E-state index contributed by atoms with van der Waals surface area (Å²) in [5, 5.41) is 13.6. The highest BCUT2D eigenvalue weighted by atomic mass is 32.2. The molecule has 0 aliphatic heterocycles. The predicted octanol–water partition coefficient (Wildman–Crippen LogP) is 2.46. The van der Waals surface area contributed by atoms with Crippen molar-refractivity contribution in [2.24, 2.45) is 0 Å². The third kappa shape index (κ3) is 6.75. The number of hydrogen-bond acceptors (Lipinski definition) is 6. The van der Waals surface area contributed by atoms with E-state index >= 15 is 0 Å². The molecular formula is C19H23N3O6S. The molecule has 1 N–H and O–H groups in total. The van der Waals surface area contributed by atoms with Crippen LogP contribution in [-0.2, 0) is 21.4 Å². The zero-order valence-electron chi connectivity index (χ0n) is 16.4. The number of carbonyl (C=O) groups excluding carboxylic acids is 1. The van der Waals surface area contributed by atoms with Crippen molar-refractivity contribution in [2.75, 3.05) is 17.1 Å². The van der Waals surface area contributed by atoms with E-state index in [1.54, 1.807) is 24.3 Å². The van der Waals surface area contributed by atoms with Gasteiger partial charge in [-0.05, 0) is 37.6 Å². The number of nitrogens with zero attached hydrogens (tertiary/aromatic N) is 2. The topological polar surface area (TPSA) is 119 Å². The van der Waals surface area contributed by atoms with E-state index in [0.29, 0.717) is 5.75 Å². The molecule has 10 heteroatoms. The number of sulfonamides is 1. The molecule has 2 rings (SSSR count). The van der Waals surface area contributed by atoms with Crippen molar-refractivity contribution in [3.05, 3.63) is 64.2 Å². The molecule has 2 aromatic carbocycles. The van der Waals surface area contributed by atoms with Crippen molar-refractivity contribution in [1.29, 1.82) is 0 Å². The number of benzene rings is 2. The fourth-order valence-corrected chi connectivity index (χ4v) is 3.36. The lowest BCUT2D eigenvalue weighted by molar-refractivity contribution is -0.384. The first kappa shape index (κ1) is 22.2. The first-order valence-electron chi connectivity index (χ1n) is 8.80. The Kier molecular flexibility index (Phi) is 7.16. The highest BCUT2D eigenvalue weighted by Crippen LogP contribution is 2.23. The van der Waals surface area contributed by atoms with Crippen molar-refractivity contribution < 1.29 is 22.9 Å². The van der Waals surface area contributed by atoms with E-state index < -0.39 is 27.4 Å². The van der Waals surface area contributed by atoms with Crippen molar-refractivity contribution in [3.63, 3.8) is 0 Å². The third-order valence-corrected chi connectivity index (χ3v) is 4.94. The van der Waals surface area contributed by atoms with Gasteiger partial charge in [0.05, 0.1) is 23.0 Å². The SMILES string of the molecule is CC(C)Oc1ccc(CNC(=O)CN(c2cccc([N+](=O)[O-])c2)S(C)(=O)=O)cc1. The van der Waals surface area contributed by atoms with E-state index in [-0.39, 0.29) is 24.0 Å². The predicted molar refractivity (Wildman–Crippen MR) is 109 cm³/mol. The smallest absolute Gasteiger partial charge is 0.271 e. The number of non-ortho nitro benzene ring substituents is 1. The summed E-state index contributed by atoms with van der Waals surface area (Å²) in [7, 11) is -3.82. The summed E-state index contributed by atoms with van der Waals surface area (Å²) in [5.74, 6) is 0.174. The molecule has 0 saturated heterocycles. The molecule has 0 unspecified atom stereocenters. The minimum Gasteiger partial charge on any atom is -0.491 e. The zero-order valence-corrected chi connectivity index (χ0v) is 17.2. The molecule has 0 spiro atoms. The largest absolute Gasteiger partial charge is 0.491 e. The van der Waals surface area contributed by atoms with Gasteiger partial charge in [-0.15, -0.1) is 0 Å². The lowest BCUT2D eigenvalue weighted by Gasteiger charge is -2.21. The Bertz CT molecular complexity index is 974. The van der Waals surface area contributed by atoms with Gasteiger partial charge in [0.15, 0.2) is 0 Å². The van der Waals surface area contributed by atoms with E-state index in [2.05, 4.69) is 5.32 Å². The molecule has 0 bridgehead atoms. The summed E-state index contributed by atoms with van der Waals surface area (Å²) in [6.07, 6.45) is 0.989. The van der Waals surface area contributed by atoms with Gasteiger partial charge in [0, 0.05) is 18.7 Å². The van der Waals surface area contributed by atoms with Crippen LogP contribution in [0.25, 0.3) is 0 Å². The number of ether oxygens (including phenoxy) is 1. The summed E-state index contributed by atoms with van der Waals surface area (Å²) >= 11 is 0. The summed E-state index contributed by atoms with van der Waals surface area (Å²) in [4.78, 5) is 22.6. The standard InChI is InChI=1S/C19H23N3O6S/c1-14(2)28-18-9-7-15(8-10-18)12-20-19(23)13-21(29(3,26)27)16-5-4-6-17(11-16)22(24)25/h4-11,14H,12-13H2,1-3H3,(H,20,23). The van der Waals surface area contributed by atoms with Crippen LogP contribution in [0.3, 0.4) is 0 Å². The number of anilines is 1. The van der Waals surface area contributed by atoms with Gasteiger partial charge in [-0.1, -0.05) is 18.2 Å². The second-order valence-corrected chi connectivity index (χ2v) is 8.54. The number of amides is 1. The number of hydrogen-bond donors (Lipinski definition) is 1. The average molecular weight is 421 g/mol. The van der Waals surface area contributed by atoms with Crippen LogP contribution in [0.5, 0.6) is 5.75 Å². The number of rotatable bonds is 9. The van der Waals surface area contributed by atoms with Gasteiger partial charge in [0.25, 0.3) is 5.69 Å². The van der Waals surface area contributed by atoms with E-state index in [4.69, 9.17) is 4.74 Å². The molecule has 0 fully saturated rings. The van der Waals surface area contributed by atoms with Crippen molar-refractivity contribution in [3.8, 4) is 5.75 Å². The molecule has 2 aromatic rings. The first-order valence-corrected chi connectivity index (χ1v) is 10.7. The summed E-state index contributed by atoms with van der Waals surface area (Å²) in [6, 6.07) is 12.3. The monoisotopic (exact) mass is 421 g/mol. The second kappa shape index (κ2) is 9.37. The molecule has 1 amide bonds. The number of nitrogens with one attached hydrogen (secondary N) is 1. The molecule has 9 nitrogen and oxygen atoms in total. The zero-order chi connectivity index (χ0) is 21.6. The number of nitro groups is 1. The lowest BCUT2D eigenvalue weighted by atomic mass is 10.2. The third-order valence-electron chi connectivity index (χ3n) is 3.80. The van der Waals surface area contributed by atoms with Gasteiger partial charge < -0.3 is 10.1 Å². The van der Waals surface area contributed by atoms with Crippen LogP contribution in [0.2, 0.25) is 0 Å². The van der Waals surface area contributed by atoms with Crippen LogP contribution in [0.1, 0.15) is 19.4 Å². The normalized spacial score (nSPS) is 11.2. The molecule has 0 aliphatic rings. The second-order valence-electron chi connectivity index (χ2n) is 6.63. The van der Waals surface area contributed by atoms with Crippen LogP contribution >= 0.6 is 0 Å². The molecule has 29 heavy (non-hydrogen) atoms. The molecule has 0 saturated carbocycles. The van der Waals surface area contributed by atoms with Crippen LogP contribution in [0.15, 0.2) is 48.5 Å². The molecule has 0 atom stereocenters. The van der Waals surface area contributed by atoms with Crippen LogP contribution in [0, 0.1) is 10.1 Å². The van der Waals surface area contributed by atoms with E-state index in [9.17, 15) is 23.3 Å². The van der Waals surface area contributed by atoms with Gasteiger partial charge in [-0.25, -0.2) is 8.42 Å². The van der Waals surface area contributed by atoms with Crippen LogP contribution in [-0.4, -0.2) is 38.2 Å². The summed E-state index contributed by atoms with van der Waals surface area (Å²) in [6.45, 7) is 3.55. The Morgan fingerprint density at radius 1 is 1.21 bits per heavy atom. The lowest BCUT2D eigenvalue weighted by Crippen LogP contribution is -2.40. The van der Waals surface area contributed by atoms with Crippen LogP contribution < -0.4 is 14.4 Å². The summed E-state index contributed by atoms with van der Waals surface area (Å²) in [5.41, 5.74) is 0.600. The maximum absolute atomic E-state index is 12.3. The van der Waals surface area contributed by atoms with Gasteiger partial charge in [-0.2, -0.15) is 0 Å². The average Bonchev–Trinajstić information content (AvgIpc) is 2.64. The Labute approximate surface area is 169 Å². The quantitative estimate of drug-likeness (QED) is 0.491. The fraction of sp³-hybridized carbons (Fsp3) is 0.316. The maximum atomic E-state index is 12.3. The fourth-order valence-electron chi connectivity index (χ4n) is 2.51. The Hall–Kier alpha value is -3.14. The highest BCUT2D eigenvalue weighted by Gasteiger charge is 2.22. The highest BCUT2D eigenvalue weighted by molar-refractivity contribution is 7.92. The van der Waals surface area contributed by atoms with Gasteiger partial charge in [-0.3, -0.25) is 19.2 Å². The van der Waals surface area contributed by atoms with E-state index in [1.807, 2.05) is 13.8 Å². The first-order chi connectivity index (χ1) is 13.6. The van der Waals surface area contributed by atoms with Gasteiger partial charge in [0.1, 0.15) is 12.3 Å². The van der Waals surface area contributed by atoms with Crippen molar-refractivity contribution in [2.45, 2.75) is 26.5 Å². The molecule has 156 valence electrons. The van der Waals surface area contributed by atoms with Gasteiger partial charge >= 0.3 is 0 Å². The minimum atomic E-state index is -3.82. The Morgan fingerprint density at radius 3 is 2.41 bits per heavy atom. The maximum Gasteiger partial charge on any atom is 0.271 e. The molecule has 0 aliphatic carbocycles. The molecule has 0 heterocycles. The molecular weight excluding hydrogens is 398 g/mol. The molecule has 0 aromatic heterocycles. The number of nitro benzene ring substituents is 1. The Morgan fingerprint density at radius 2 is 1.86 bits per heavy atom. The number of carbonyl (C=O) groups is 1. The van der Waals surface area contributed by atoms with E-state index in [0.717, 1.165) is 22.2 Å². The van der Waals surface area contributed by atoms with Crippen molar-refractivity contribution >= 4 is 27.3 Å². The van der Waals surface area contributed by atoms with Gasteiger partial charge in [0.2, 0.25) is 15.9 Å². The molecule has 0 radical (unpaired) electrons.